The molecule has 0 saturated heterocycles. The summed E-state index contributed by atoms with van der Waals surface area (Å²) in [4.78, 5) is 11.6. The molecule has 0 radical (unpaired) electrons. The molecular formula is C10H9Cl2N3O. The van der Waals surface area contributed by atoms with Crippen LogP contribution in [0.1, 0.15) is 12.0 Å². The van der Waals surface area contributed by atoms with Gasteiger partial charge in [-0.05, 0) is 18.6 Å². The van der Waals surface area contributed by atoms with E-state index in [0.717, 1.165) is 5.56 Å². The van der Waals surface area contributed by atoms with Crippen molar-refractivity contribution in [2.24, 2.45) is 10.8 Å². The van der Waals surface area contributed by atoms with Crippen molar-refractivity contribution in [2.45, 2.75) is 13.3 Å². The van der Waals surface area contributed by atoms with Crippen molar-refractivity contribution < 1.29 is 4.79 Å². The van der Waals surface area contributed by atoms with Gasteiger partial charge in [-0.3, -0.25) is 4.79 Å². The second kappa shape index (κ2) is 3.96. The fourth-order valence-corrected chi connectivity index (χ4v) is 1.97. The Balaban J connectivity index is 2.56. The first-order valence-electron chi connectivity index (χ1n) is 4.61. The number of carbonyl (C=O) groups is 1. The summed E-state index contributed by atoms with van der Waals surface area (Å²) in [6, 6.07) is 3.46. The zero-order valence-electron chi connectivity index (χ0n) is 8.50. The summed E-state index contributed by atoms with van der Waals surface area (Å²) in [6.45, 7) is 1.83. The molecule has 0 unspecified atom stereocenters. The first-order chi connectivity index (χ1) is 7.50. The quantitative estimate of drug-likeness (QED) is 0.840. The van der Waals surface area contributed by atoms with E-state index in [1.54, 1.807) is 12.1 Å². The highest BCUT2D eigenvalue weighted by Gasteiger charge is 2.27. The van der Waals surface area contributed by atoms with Gasteiger partial charge in [-0.25, -0.2) is 0 Å². The Kier molecular flexibility index (Phi) is 2.78. The van der Waals surface area contributed by atoms with Crippen molar-refractivity contribution in [2.75, 3.05) is 5.01 Å². The number of amides is 1. The summed E-state index contributed by atoms with van der Waals surface area (Å²) in [5.41, 5.74) is 6.82. The third-order valence-electron chi connectivity index (χ3n) is 2.28. The average Bonchev–Trinajstić information content (AvgIpc) is 2.53. The Bertz CT molecular complexity index is 499. The van der Waals surface area contributed by atoms with Crippen molar-refractivity contribution in [1.29, 1.82) is 0 Å². The lowest BCUT2D eigenvalue weighted by Gasteiger charge is -2.16. The Morgan fingerprint density at radius 2 is 2.12 bits per heavy atom. The number of aryl methyl sites for hydroxylation is 1. The second-order valence-corrected chi connectivity index (χ2v) is 4.29. The summed E-state index contributed by atoms with van der Waals surface area (Å²) < 4.78 is 0. The number of anilines is 1. The number of nitrogens with zero attached hydrogens (tertiary/aromatic N) is 2. The van der Waals surface area contributed by atoms with Crippen molar-refractivity contribution in [3.8, 4) is 0 Å². The molecule has 16 heavy (non-hydrogen) atoms. The molecule has 0 fully saturated rings. The third kappa shape index (κ3) is 1.74. The van der Waals surface area contributed by atoms with Crippen LogP contribution in [0.4, 0.5) is 5.69 Å². The molecule has 1 aromatic carbocycles. The first kappa shape index (κ1) is 11.2. The predicted octanol–water partition coefficient (Wildman–Crippen LogP) is 2.31. The standard InChI is InChI=1S/C10H9Cl2N3O/c1-5-2-3-6(11)9(12)10(5)15-8(16)4-7(13)14-15/h2-3H,4H2,1H3,(H2,13,14). The highest BCUT2D eigenvalue weighted by molar-refractivity contribution is 6.44. The van der Waals surface area contributed by atoms with E-state index in [0.29, 0.717) is 15.7 Å². The minimum absolute atomic E-state index is 0.113. The van der Waals surface area contributed by atoms with Gasteiger partial charge >= 0.3 is 0 Å². The maximum Gasteiger partial charge on any atom is 0.255 e. The fourth-order valence-electron chi connectivity index (χ4n) is 1.52. The molecule has 6 heteroatoms. The van der Waals surface area contributed by atoms with Crippen LogP contribution in [0.15, 0.2) is 17.2 Å². The molecule has 0 spiro atoms. The monoisotopic (exact) mass is 257 g/mol. The van der Waals surface area contributed by atoms with E-state index >= 15 is 0 Å². The number of hydrogen-bond donors (Lipinski definition) is 1. The van der Waals surface area contributed by atoms with Crippen LogP contribution in [-0.2, 0) is 4.79 Å². The zero-order valence-corrected chi connectivity index (χ0v) is 10.0. The molecule has 2 rings (SSSR count). The lowest BCUT2D eigenvalue weighted by atomic mass is 10.2. The molecule has 1 heterocycles. The first-order valence-corrected chi connectivity index (χ1v) is 5.37. The number of rotatable bonds is 1. The van der Waals surface area contributed by atoms with Crippen LogP contribution < -0.4 is 10.7 Å². The number of halogens is 2. The molecule has 1 aromatic rings. The molecule has 1 amide bonds. The van der Waals surface area contributed by atoms with Crippen LogP contribution >= 0.6 is 23.2 Å². The number of nitrogens with two attached hydrogens (primary N) is 1. The summed E-state index contributed by atoms with van der Waals surface area (Å²) in [6.07, 6.45) is 0.113. The smallest absolute Gasteiger partial charge is 0.255 e. The number of carbonyl (C=O) groups excluding carboxylic acids is 1. The Morgan fingerprint density at radius 1 is 1.44 bits per heavy atom. The van der Waals surface area contributed by atoms with Crippen LogP contribution in [-0.4, -0.2) is 11.7 Å². The van der Waals surface area contributed by atoms with E-state index in [4.69, 9.17) is 28.9 Å². The lowest BCUT2D eigenvalue weighted by Crippen LogP contribution is -2.21. The van der Waals surface area contributed by atoms with Crippen LogP contribution in [0.2, 0.25) is 10.0 Å². The summed E-state index contributed by atoms with van der Waals surface area (Å²) in [7, 11) is 0. The van der Waals surface area contributed by atoms with Gasteiger partial charge < -0.3 is 5.73 Å². The van der Waals surface area contributed by atoms with Crippen molar-refractivity contribution >= 4 is 40.6 Å². The Hall–Kier alpha value is -1.26. The largest absolute Gasteiger partial charge is 0.385 e. The molecule has 1 aliphatic rings. The van der Waals surface area contributed by atoms with Gasteiger partial charge in [0.1, 0.15) is 5.84 Å². The van der Waals surface area contributed by atoms with Crippen LogP contribution in [0.3, 0.4) is 0 Å². The minimum Gasteiger partial charge on any atom is -0.385 e. The summed E-state index contributed by atoms with van der Waals surface area (Å²) in [5, 5.41) is 5.84. The highest BCUT2D eigenvalue weighted by atomic mass is 35.5. The van der Waals surface area contributed by atoms with E-state index in [1.165, 1.54) is 5.01 Å². The molecule has 1 aliphatic heterocycles. The number of hydrazone groups is 1. The van der Waals surface area contributed by atoms with E-state index < -0.39 is 0 Å². The maximum absolute atomic E-state index is 11.6. The molecule has 84 valence electrons. The molecule has 0 aliphatic carbocycles. The lowest BCUT2D eigenvalue weighted by molar-refractivity contribution is -0.116. The van der Waals surface area contributed by atoms with Gasteiger partial charge in [0.25, 0.3) is 5.91 Å². The van der Waals surface area contributed by atoms with Crippen LogP contribution in [0.25, 0.3) is 0 Å². The van der Waals surface area contributed by atoms with Gasteiger partial charge in [-0.15, -0.1) is 0 Å². The molecule has 0 saturated carbocycles. The van der Waals surface area contributed by atoms with Crippen molar-refractivity contribution in [1.82, 2.24) is 0 Å². The van der Waals surface area contributed by atoms with E-state index in [2.05, 4.69) is 5.10 Å². The predicted molar refractivity (Wildman–Crippen MR) is 64.9 cm³/mol. The average molecular weight is 258 g/mol. The minimum atomic E-state index is -0.204. The van der Waals surface area contributed by atoms with Gasteiger partial charge in [0, 0.05) is 0 Å². The maximum atomic E-state index is 11.6. The Labute approximate surface area is 103 Å². The Morgan fingerprint density at radius 3 is 2.69 bits per heavy atom. The molecular weight excluding hydrogens is 249 g/mol. The molecule has 4 nitrogen and oxygen atoms in total. The molecule has 0 aromatic heterocycles. The SMILES string of the molecule is Cc1ccc(Cl)c(Cl)c1N1N=C(N)CC1=O. The van der Waals surface area contributed by atoms with E-state index in [9.17, 15) is 4.79 Å². The van der Waals surface area contributed by atoms with Gasteiger partial charge in [0.2, 0.25) is 0 Å². The van der Waals surface area contributed by atoms with E-state index in [1.807, 2.05) is 6.92 Å². The molecule has 0 atom stereocenters. The van der Waals surface area contributed by atoms with Crippen LogP contribution in [0.5, 0.6) is 0 Å². The van der Waals surface area contributed by atoms with Gasteiger partial charge in [0.05, 0.1) is 22.2 Å². The third-order valence-corrected chi connectivity index (χ3v) is 3.07. The van der Waals surface area contributed by atoms with Crippen LogP contribution in [0, 0.1) is 6.92 Å². The number of hydrogen-bond acceptors (Lipinski definition) is 3. The van der Waals surface area contributed by atoms with Crippen molar-refractivity contribution in [3.63, 3.8) is 0 Å². The second-order valence-electron chi connectivity index (χ2n) is 3.50. The topological polar surface area (TPSA) is 58.7 Å². The summed E-state index contributed by atoms with van der Waals surface area (Å²) in [5.74, 6) is 0.0743. The van der Waals surface area contributed by atoms with Crippen molar-refractivity contribution in [3.05, 3.63) is 27.7 Å². The molecule has 2 N–H and O–H groups in total. The zero-order chi connectivity index (χ0) is 11.9. The highest BCUT2D eigenvalue weighted by Crippen LogP contribution is 2.36. The van der Waals surface area contributed by atoms with Gasteiger partial charge in [-0.2, -0.15) is 10.1 Å². The molecule has 0 bridgehead atoms. The number of benzene rings is 1. The fraction of sp³-hybridized carbons (Fsp3) is 0.200. The summed E-state index contributed by atoms with van der Waals surface area (Å²) >= 11 is 12.0. The normalized spacial score (nSPS) is 15.6. The van der Waals surface area contributed by atoms with Gasteiger partial charge in [-0.1, -0.05) is 29.3 Å². The van der Waals surface area contributed by atoms with E-state index in [-0.39, 0.29) is 18.2 Å². The number of amidine groups is 1. The van der Waals surface area contributed by atoms with Gasteiger partial charge in [0.15, 0.2) is 0 Å².